The van der Waals surface area contributed by atoms with E-state index in [4.69, 9.17) is 5.73 Å². The maximum absolute atomic E-state index is 12.9. The molecule has 1 aliphatic carbocycles. The van der Waals surface area contributed by atoms with E-state index >= 15 is 0 Å². The highest BCUT2D eigenvalue weighted by Crippen LogP contribution is 2.39. The Bertz CT molecular complexity index is 687. The van der Waals surface area contributed by atoms with Crippen LogP contribution in [0.3, 0.4) is 0 Å². The van der Waals surface area contributed by atoms with Crippen LogP contribution in [0.15, 0.2) is 24.3 Å². The molecule has 1 heterocycles. The molecular formula is C20H28F3N3O2. The molecule has 0 aromatic heterocycles. The summed E-state index contributed by atoms with van der Waals surface area (Å²) in [7, 11) is 0. The van der Waals surface area contributed by atoms with Gasteiger partial charge in [-0.05, 0) is 68.7 Å². The molecule has 0 radical (unpaired) electrons. The first-order chi connectivity index (χ1) is 13.1. The van der Waals surface area contributed by atoms with Crippen LogP contribution in [0.1, 0.15) is 57.4 Å². The third kappa shape index (κ3) is 4.06. The zero-order valence-electron chi connectivity index (χ0n) is 16.1. The number of carboxylic acid groups (broad SMARTS) is 1. The topological polar surface area (TPSA) is 69.8 Å². The van der Waals surface area contributed by atoms with Gasteiger partial charge in [-0.15, -0.1) is 0 Å². The van der Waals surface area contributed by atoms with Crippen LogP contribution in [0.5, 0.6) is 0 Å². The Labute approximate surface area is 163 Å². The average Bonchev–Trinajstić information content (AvgIpc) is 2.63. The Balaban J connectivity index is 1.96. The fourth-order valence-corrected chi connectivity index (χ4v) is 4.66. The van der Waals surface area contributed by atoms with Gasteiger partial charge in [0.05, 0.1) is 11.2 Å². The number of piperidine rings is 1. The van der Waals surface area contributed by atoms with Crippen molar-refractivity contribution in [3.63, 3.8) is 0 Å². The first-order valence-electron chi connectivity index (χ1n) is 9.88. The van der Waals surface area contributed by atoms with Crippen molar-refractivity contribution >= 4 is 11.8 Å². The minimum atomic E-state index is -4.40. The molecule has 1 saturated carbocycles. The van der Waals surface area contributed by atoms with E-state index in [9.17, 15) is 23.1 Å². The lowest BCUT2D eigenvalue weighted by Gasteiger charge is -2.53. The second-order valence-electron chi connectivity index (χ2n) is 8.09. The minimum absolute atomic E-state index is 0.0227. The summed E-state index contributed by atoms with van der Waals surface area (Å²) in [6, 6.07) is 4.96. The van der Waals surface area contributed by atoms with Crippen molar-refractivity contribution in [1.82, 2.24) is 4.90 Å². The highest BCUT2D eigenvalue weighted by Gasteiger charge is 2.46. The fourth-order valence-electron chi connectivity index (χ4n) is 4.66. The Kier molecular flexibility index (Phi) is 5.79. The average molecular weight is 399 g/mol. The summed E-state index contributed by atoms with van der Waals surface area (Å²) in [5.74, 6) is 0.0227. The second kappa shape index (κ2) is 7.81. The van der Waals surface area contributed by atoms with Crippen LogP contribution in [-0.2, 0) is 6.18 Å². The number of rotatable bonds is 3. The molecule has 8 heteroatoms. The van der Waals surface area contributed by atoms with Crippen LogP contribution in [0.2, 0.25) is 0 Å². The lowest BCUT2D eigenvalue weighted by atomic mass is 9.85. The summed E-state index contributed by atoms with van der Waals surface area (Å²) in [5.41, 5.74) is 5.53. The number of nitrogens with zero attached hydrogens (tertiary/aromatic N) is 2. The molecule has 1 aromatic carbocycles. The van der Waals surface area contributed by atoms with Crippen molar-refractivity contribution in [2.45, 2.75) is 69.9 Å². The van der Waals surface area contributed by atoms with Crippen molar-refractivity contribution in [2.24, 2.45) is 11.7 Å². The van der Waals surface area contributed by atoms with Gasteiger partial charge in [-0.25, -0.2) is 4.79 Å². The lowest BCUT2D eigenvalue weighted by molar-refractivity contribution is -0.137. The number of anilines is 1. The van der Waals surface area contributed by atoms with Crippen LogP contribution in [-0.4, -0.2) is 34.5 Å². The zero-order valence-corrected chi connectivity index (χ0v) is 16.1. The van der Waals surface area contributed by atoms with Crippen LogP contribution in [0.4, 0.5) is 23.7 Å². The van der Waals surface area contributed by atoms with Gasteiger partial charge in [0, 0.05) is 12.2 Å². The second-order valence-corrected chi connectivity index (χ2v) is 8.09. The molecule has 1 aliphatic heterocycles. The van der Waals surface area contributed by atoms with E-state index in [2.05, 4.69) is 0 Å². The molecule has 1 aromatic rings. The fraction of sp³-hybridized carbons (Fsp3) is 0.650. The van der Waals surface area contributed by atoms with Gasteiger partial charge in [-0.3, -0.25) is 4.90 Å². The Morgan fingerprint density at radius 3 is 2.32 bits per heavy atom. The highest BCUT2D eigenvalue weighted by atomic mass is 19.4. The molecule has 1 amide bonds. The van der Waals surface area contributed by atoms with Gasteiger partial charge in [0.1, 0.15) is 6.17 Å². The lowest BCUT2D eigenvalue weighted by Crippen LogP contribution is -2.68. The molecular weight excluding hydrogens is 371 g/mol. The summed E-state index contributed by atoms with van der Waals surface area (Å²) < 4.78 is 38.7. The molecule has 156 valence electrons. The number of alkyl halides is 3. The Morgan fingerprint density at radius 2 is 1.79 bits per heavy atom. The molecule has 28 heavy (non-hydrogen) atoms. The van der Waals surface area contributed by atoms with Gasteiger partial charge in [-0.1, -0.05) is 13.3 Å². The van der Waals surface area contributed by atoms with Crippen molar-refractivity contribution in [2.75, 3.05) is 11.4 Å². The molecule has 0 bridgehead atoms. The van der Waals surface area contributed by atoms with Crippen molar-refractivity contribution in [3.8, 4) is 0 Å². The third-order valence-electron chi connectivity index (χ3n) is 6.08. The predicted molar refractivity (Wildman–Crippen MR) is 101 cm³/mol. The monoisotopic (exact) mass is 399 g/mol. The van der Waals surface area contributed by atoms with Gasteiger partial charge in [-0.2, -0.15) is 13.2 Å². The van der Waals surface area contributed by atoms with E-state index in [1.165, 1.54) is 17.0 Å². The molecule has 5 nitrogen and oxygen atoms in total. The predicted octanol–water partition coefficient (Wildman–Crippen LogP) is 4.87. The number of carbonyl (C=O) groups is 1. The minimum Gasteiger partial charge on any atom is -0.465 e. The molecule has 2 atom stereocenters. The smallest absolute Gasteiger partial charge is 0.416 e. The van der Waals surface area contributed by atoms with Crippen LogP contribution in [0, 0.1) is 5.92 Å². The van der Waals surface area contributed by atoms with E-state index in [1.54, 1.807) is 0 Å². The number of halogens is 3. The van der Waals surface area contributed by atoms with Crippen molar-refractivity contribution in [3.05, 3.63) is 29.8 Å². The molecule has 2 fully saturated rings. The maximum Gasteiger partial charge on any atom is 0.416 e. The van der Waals surface area contributed by atoms with Crippen molar-refractivity contribution in [1.29, 1.82) is 0 Å². The largest absolute Gasteiger partial charge is 0.465 e. The number of amides is 1. The molecule has 3 N–H and O–H groups in total. The number of nitrogens with two attached hydrogens (primary N) is 1. The Hall–Kier alpha value is -1.96. The van der Waals surface area contributed by atoms with Crippen LogP contribution in [0.25, 0.3) is 0 Å². The van der Waals surface area contributed by atoms with Gasteiger partial charge >= 0.3 is 12.3 Å². The molecule has 1 saturated heterocycles. The first-order valence-corrected chi connectivity index (χ1v) is 9.88. The van der Waals surface area contributed by atoms with E-state index in [-0.39, 0.29) is 5.92 Å². The standard InChI is InChI=1S/C20H28F3N3O2/c1-14-6-5-13-25(16-9-7-15(8-10-16)20(21,22)23)17(14)26(18(27)28)19(24)11-3-2-4-12-19/h7-10,14,17H,2-6,11-13,24H2,1H3,(H,27,28)/t14-,17+/m0/s1. The summed E-state index contributed by atoms with van der Waals surface area (Å²) in [4.78, 5) is 15.6. The van der Waals surface area contributed by atoms with Crippen molar-refractivity contribution < 1.29 is 23.1 Å². The van der Waals surface area contributed by atoms with E-state index in [0.29, 0.717) is 25.1 Å². The van der Waals surface area contributed by atoms with Gasteiger partial charge < -0.3 is 15.7 Å². The van der Waals surface area contributed by atoms with Gasteiger partial charge in [0.2, 0.25) is 0 Å². The maximum atomic E-state index is 12.9. The van der Waals surface area contributed by atoms with E-state index < -0.39 is 29.7 Å². The molecule has 3 rings (SSSR count). The number of hydrogen-bond donors (Lipinski definition) is 2. The van der Waals surface area contributed by atoms with E-state index in [0.717, 1.165) is 44.2 Å². The molecule has 0 unspecified atom stereocenters. The summed E-state index contributed by atoms with van der Waals surface area (Å²) in [6.45, 7) is 2.57. The third-order valence-corrected chi connectivity index (χ3v) is 6.08. The molecule has 0 spiro atoms. The van der Waals surface area contributed by atoms with Crippen LogP contribution < -0.4 is 10.6 Å². The van der Waals surface area contributed by atoms with E-state index in [1.807, 2.05) is 11.8 Å². The highest BCUT2D eigenvalue weighted by molar-refractivity contribution is 5.68. The SMILES string of the molecule is C[C@H]1CCCN(c2ccc(C(F)(F)F)cc2)[C@@H]1N(C(=O)O)C1(N)CCCCC1. The summed E-state index contributed by atoms with van der Waals surface area (Å²) in [6.07, 6.45) is -0.272. The number of hydrogen-bond acceptors (Lipinski definition) is 3. The molecule has 2 aliphatic rings. The summed E-state index contributed by atoms with van der Waals surface area (Å²) in [5, 5.41) is 10.0. The summed E-state index contributed by atoms with van der Waals surface area (Å²) >= 11 is 0. The Morgan fingerprint density at radius 1 is 1.18 bits per heavy atom. The van der Waals surface area contributed by atoms with Gasteiger partial charge in [0.25, 0.3) is 0 Å². The van der Waals surface area contributed by atoms with Crippen LogP contribution >= 0.6 is 0 Å². The number of benzene rings is 1. The van der Waals surface area contributed by atoms with Gasteiger partial charge in [0.15, 0.2) is 0 Å². The zero-order chi connectivity index (χ0) is 20.5. The normalized spacial score (nSPS) is 25.4. The quantitative estimate of drug-likeness (QED) is 0.712. The first kappa shape index (κ1) is 20.8.